The van der Waals surface area contributed by atoms with Crippen molar-refractivity contribution in [1.29, 1.82) is 0 Å². The SMILES string of the molecule is O=C(O)CCCOc1ccc(C(=O)NCCc2ccccc2)cc1. The summed E-state index contributed by atoms with van der Waals surface area (Å²) in [5.74, 6) is -0.328. The molecule has 0 aliphatic heterocycles. The minimum absolute atomic E-state index is 0.0852. The molecule has 0 saturated carbocycles. The standard InChI is InChI=1S/C19H21NO4/c21-18(22)7-4-14-24-17-10-8-16(9-11-17)19(23)20-13-12-15-5-2-1-3-6-15/h1-3,5-6,8-11H,4,7,12-14H2,(H,20,23)(H,21,22). The van der Waals surface area contributed by atoms with Crippen LogP contribution in [0.3, 0.4) is 0 Å². The molecular weight excluding hydrogens is 306 g/mol. The Morgan fingerprint density at radius 2 is 1.71 bits per heavy atom. The van der Waals surface area contributed by atoms with Gasteiger partial charge in [-0.1, -0.05) is 30.3 Å². The van der Waals surface area contributed by atoms with Crippen molar-refractivity contribution in [2.45, 2.75) is 19.3 Å². The van der Waals surface area contributed by atoms with E-state index < -0.39 is 5.97 Å². The number of carboxylic acids is 1. The lowest BCUT2D eigenvalue weighted by Crippen LogP contribution is -2.25. The van der Waals surface area contributed by atoms with E-state index in [-0.39, 0.29) is 12.3 Å². The molecule has 0 atom stereocenters. The predicted octanol–water partition coefficient (Wildman–Crippen LogP) is 2.90. The molecule has 0 aliphatic rings. The molecule has 0 aromatic heterocycles. The lowest BCUT2D eigenvalue weighted by atomic mass is 10.1. The van der Waals surface area contributed by atoms with Gasteiger partial charge >= 0.3 is 5.97 Å². The first kappa shape index (κ1) is 17.5. The Balaban J connectivity index is 1.73. The number of hydrogen-bond donors (Lipinski definition) is 2. The van der Waals surface area contributed by atoms with E-state index in [2.05, 4.69) is 5.32 Å². The fourth-order valence-corrected chi connectivity index (χ4v) is 2.18. The van der Waals surface area contributed by atoms with Crippen molar-refractivity contribution in [1.82, 2.24) is 5.32 Å². The van der Waals surface area contributed by atoms with Crippen molar-refractivity contribution in [3.8, 4) is 5.75 Å². The van der Waals surface area contributed by atoms with E-state index in [1.807, 2.05) is 30.3 Å². The van der Waals surface area contributed by atoms with Crippen LogP contribution in [-0.2, 0) is 11.2 Å². The van der Waals surface area contributed by atoms with E-state index >= 15 is 0 Å². The second kappa shape index (κ2) is 9.35. The van der Waals surface area contributed by atoms with Crippen LogP contribution in [0.15, 0.2) is 54.6 Å². The van der Waals surface area contributed by atoms with E-state index in [1.54, 1.807) is 24.3 Å². The van der Waals surface area contributed by atoms with Gasteiger partial charge in [-0.3, -0.25) is 9.59 Å². The lowest BCUT2D eigenvalue weighted by molar-refractivity contribution is -0.137. The van der Waals surface area contributed by atoms with Crippen molar-refractivity contribution in [3.05, 3.63) is 65.7 Å². The van der Waals surface area contributed by atoms with Crippen LogP contribution in [0.4, 0.5) is 0 Å². The molecule has 1 amide bonds. The topological polar surface area (TPSA) is 75.6 Å². The number of carbonyl (C=O) groups is 2. The minimum atomic E-state index is -0.832. The summed E-state index contributed by atoms with van der Waals surface area (Å²) in [4.78, 5) is 22.5. The molecule has 0 saturated heterocycles. The van der Waals surface area contributed by atoms with Gasteiger partial charge in [-0.05, 0) is 42.7 Å². The van der Waals surface area contributed by atoms with Crippen molar-refractivity contribution < 1.29 is 19.4 Å². The van der Waals surface area contributed by atoms with Crippen molar-refractivity contribution in [3.63, 3.8) is 0 Å². The van der Waals surface area contributed by atoms with Gasteiger partial charge < -0.3 is 15.2 Å². The highest BCUT2D eigenvalue weighted by molar-refractivity contribution is 5.94. The number of hydrogen-bond acceptors (Lipinski definition) is 3. The maximum Gasteiger partial charge on any atom is 0.303 e. The van der Waals surface area contributed by atoms with E-state index in [0.717, 1.165) is 6.42 Å². The highest BCUT2D eigenvalue weighted by Gasteiger charge is 2.05. The fraction of sp³-hybridized carbons (Fsp3) is 0.263. The van der Waals surface area contributed by atoms with Crippen LogP contribution >= 0.6 is 0 Å². The number of carbonyl (C=O) groups excluding carboxylic acids is 1. The molecule has 0 heterocycles. The highest BCUT2D eigenvalue weighted by Crippen LogP contribution is 2.12. The van der Waals surface area contributed by atoms with Gasteiger partial charge in [0.1, 0.15) is 5.75 Å². The maximum atomic E-state index is 12.1. The molecule has 2 rings (SSSR count). The Hall–Kier alpha value is -2.82. The van der Waals surface area contributed by atoms with E-state index in [0.29, 0.717) is 30.9 Å². The number of nitrogens with one attached hydrogen (secondary N) is 1. The van der Waals surface area contributed by atoms with Crippen LogP contribution < -0.4 is 10.1 Å². The Bertz CT molecular complexity index is 653. The van der Waals surface area contributed by atoms with Gasteiger partial charge in [0.15, 0.2) is 0 Å². The van der Waals surface area contributed by atoms with Gasteiger partial charge in [0.25, 0.3) is 5.91 Å². The molecular formula is C19H21NO4. The first-order valence-corrected chi connectivity index (χ1v) is 7.92. The number of amides is 1. The zero-order valence-corrected chi connectivity index (χ0v) is 13.4. The van der Waals surface area contributed by atoms with E-state index in [9.17, 15) is 9.59 Å². The number of benzene rings is 2. The van der Waals surface area contributed by atoms with Gasteiger partial charge in [-0.15, -0.1) is 0 Å². The van der Waals surface area contributed by atoms with Gasteiger partial charge in [0.2, 0.25) is 0 Å². The second-order valence-electron chi connectivity index (χ2n) is 5.36. The monoisotopic (exact) mass is 327 g/mol. The summed E-state index contributed by atoms with van der Waals surface area (Å²) in [6, 6.07) is 16.8. The third-order valence-corrected chi connectivity index (χ3v) is 3.46. The zero-order chi connectivity index (χ0) is 17.2. The molecule has 126 valence electrons. The lowest BCUT2D eigenvalue weighted by Gasteiger charge is -2.08. The Morgan fingerprint density at radius 3 is 2.38 bits per heavy atom. The molecule has 0 fully saturated rings. The molecule has 0 aliphatic carbocycles. The summed E-state index contributed by atoms with van der Waals surface area (Å²) >= 11 is 0. The third kappa shape index (κ3) is 6.12. The third-order valence-electron chi connectivity index (χ3n) is 3.46. The van der Waals surface area contributed by atoms with Crippen LogP contribution in [0.1, 0.15) is 28.8 Å². The van der Waals surface area contributed by atoms with Crippen LogP contribution in [0.2, 0.25) is 0 Å². The fourth-order valence-electron chi connectivity index (χ4n) is 2.18. The van der Waals surface area contributed by atoms with Gasteiger partial charge in [0.05, 0.1) is 6.61 Å². The molecule has 24 heavy (non-hydrogen) atoms. The quantitative estimate of drug-likeness (QED) is 0.694. The predicted molar refractivity (Wildman–Crippen MR) is 91.3 cm³/mol. The second-order valence-corrected chi connectivity index (χ2v) is 5.36. The Morgan fingerprint density at radius 1 is 1.00 bits per heavy atom. The first-order chi connectivity index (χ1) is 11.6. The summed E-state index contributed by atoms with van der Waals surface area (Å²) in [5.41, 5.74) is 1.75. The Kier molecular flexibility index (Phi) is 6.83. The van der Waals surface area contributed by atoms with Crippen LogP contribution in [0, 0.1) is 0 Å². The summed E-state index contributed by atoms with van der Waals surface area (Å²) < 4.78 is 5.44. The summed E-state index contributed by atoms with van der Waals surface area (Å²) in [7, 11) is 0. The average Bonchev–Trinajstić information content (AvgIpc) is 2.60. The molecule has 2 aromatic carbocycles. The molecule has 0 unspecified atom stereocenters. The van der Waals surface area contributed by atoms with Gasteiger partial charge in [0, 0.05) is 18.5 Å². The zero-order valence-electron chi connectivity index (χ0n) is 13.4. The molecule has 0 spiro atoms. The molecule has 2 aromatic rings. The molecule has 0 radical (unpaired) electrons. The largest absolute Gasteiger partial charge is 0.494 e. The maximum absolute atomic E-state index is 12.1. The number of aliphatic carboxylic acids is 1. The summed E-state index contributed by atoms with van der Waals surface area (Å²) in [5, 5.41) is 11.4. The number of rotatable bonds is 9. The summed E-state index contributed by atoms with van der Waals surface area (Å²) in [6.07, 6.45) is 1.33. The smallest absolute Gasteiger partial charge is 0.303 e. The molecule has 2 N–H and O–H groups in total. The van der Waals surface area contributed by atoms with Crippen molar-refractivity contribution in [2.24, 2.45) is 0 Å². The average molecular weight is 327 g/mol. The van der Waals surface area contributed by atoms with Gasteiger partial charge in [-0.2, -0.15) is 0 Å². The number of carboxylic acid groups (broad SMARTS) is 1. The van der Waals surface area contributed by atoms with Crippen molar-refractivity contribution in [2.75, 3.05) is 13.2 Å². The van der Waals surface area contributed by atoms with Crippen molar-refractivity contribution >= 4 is 11.9 Å². The summed E-state index contributed by atoms with van der Waals surface area (Å²) in [6.45, 7) is 0.922. The van der Waals surface area contributed by atoms with E-state index in [4.69, 9.17) is 9.84 Å². The molecule has 5 nitrogen and oxygen atoms in total. The number of ether oxygens (including phenoxy) is 1. The first-order valence-electron chi connectivity index (χ1n) is 7.92. The van der Waals surface area contributed by atoms with Crippen LogP contribution in [0.5, 0.6) is 5.75 Å². The van der Waals surface area contributed by atoms with E-state index in [1.165, 1.54) is 5.56 Å². The van der Waals surface area contributed by atoms with Crippen LogP contribution in [-0.4, -0.2) is 30.1 Å². The minimum Gasteiger partial charge on any atom is -0.494 e. The Labute approximate surface area is 141 Å². The van der Waals surface area contributed by atoms with Gasteiger partial charge in [-0.25, -0.2) is 0 Å². The highest BCUT2D eigenvalue weighted by atomic mass is 16.5. The molecule has 5 heteroatoms. The normalized spacial score (nSPS) is 10.2. The van der Waals surface area contributed by atoms with Crippen LogP contribution in [0.25, 0.3) is 0 Å². The molecule has 0 bridgehead atoms.